The molecule has 3 aliphatic rings. The summed E-state index contributed by atoms with van der Waals surface area (Å²) in [5, 5.41) is 15.2. The molecule has 40 heavy (non-hydrogen) atoms. The molecule has 1 spiro atoms. The van der Waals surface area contributed by atoms with Gasteiger partial charge in [-0.1, -0.05) is 59.1 Å². The zero-order valence-corrected chi connectivity index (χ0v) is 25.0. The SMILES string of the molecule is COc1ccc(NC(=O)C2N(CCCCCCO)C(=O)[C@@H]3[C@H](C(=O)NCc4ccccc4)[C@H]4SC23CC4Br)cc1. The Balaban J connectivity index is 1.40. The highest BCUT2D eigenvalue weighted by atomic mass is 79.9. The van der Waals surface area contributed by atoms with Gasteiger partial charge in [-0.2, -0.15) is 0 Å². The summed E-state index contributed by atoms with van der Waals surface area (Å²) in [7, 11) is 1.59. The van der Waals surface area contributed by atoms with Crippen LogP contribution in [0.5, 0.6) is 5.75 Å². The van der Waals surface area contributed by atoms with E-state index in [-0.39, 0.29) is 34.4 Å². The van der Waals surface area contributed by atoms with E-state index in [4.69, 9.17) is 9.84 Å². The van der Waals surface area contributed by atoms with Gasteiger partial charge in [0.25, 0.3) is 0 Å². The highest BCUT2D eigenvalue weighted by Gasteiger charge is 2.75. The van der Waals surface area contributed by atoms with Crippen LogP contribution in [0.4, 0.5) is 5.69 Å². The van der Waals surface area contributed by atoms with E-state index in [9.17, 15) is 14.4 Å². The number of aliphatic hydroxyl groups excluding tert-OH is 1. The number of fused-ring (bicyclic) bond motifs is 1. The number of unbranched alkanes of at least 4 members (excludes halogenated alkanes) is 3. The van der Waals surface area contributed by atoms with Crippen LogP contribution in [0, 0.1) is 11.8 Å². The van der Waals surface area contributed by atoms with E-state index >= 15 is 0 Å². The summed E-state index contributed by atoms with van der Waals surface area (Å²) in [5.74, 6) is -0.856. The number of amides is 3. The van der Waals surface area contributed by atoms with Crippen molar-refractivity contribution in [2.45, 2.75) is 59.5 Å². The molecule has 3 saturated heterocycles. The highest BCUT2D eigenvalue weighted by Crippen LogP contribution is 2.67. The normalized spacial score (nSPS) is 28.4. The molecular formula is C30H36BrN3O5S. The molecule has 0 aromatic heterocycles. The van der Waals surface area contributed by atoms with Gasteiger partial charge in [0, 0.05) is 35.5 Å². The Kier molecular flexibility index (Phi) is 9.07. The van der Waals surface area contributed by atoms with Gasteiger partial charge < -0.3 is 25.4 Å². The van der Waals surface area contributed by atoms with E-state index in [0.717, 1.165) is 24.8 Å². The summed E-state index contributed by atoms with van der Waals surface area (Å²) in [6.07, 6.45) is 3.81. The summed E-state index contributed by atoms with van der Waals surface area (Å²) in [5.41, 5.74) is 1.63. The number of aliphatic hydroxyl groups is 1. The first kappa shape index (κ1) is 29.0. The van der Waals surface area contributed by atoms with Crippen LogP contribution in [0.1, 0.15) is 37.7 Å². The number of hydrogen-bond acceptors (Lipinski definition) is 6. The number of halogens is 1. The molecule has 2 aromatic rings. The summed E-state index contributed by atoms with van der Waals surface area (Å²) in [6, 6.07) is 16.2. The van der Waals surface area contributed by atoms with Crippen molar-refractivity contribution in [2.75, 3.05) is 25.6 Å². The highest BCUT2D eigenvalue weighted by molar-refractivity contribution is 9.09. The molecule has 3 amide bonds. The monoisotopic (exact) mass is 629 g/mol. The molecule has 3 unspecified atom stereocenters. The van der Waals surface area contributed by atoms with Crippen LogP contribution in [0.3, 0.4) is 0 Å². The first-order valence-corrected chi connectivity index (χ1v) is 15.7. The molecule has 10 heteroatoms. The van der Waals surface area contributed by atoms with Gasteiger partial charge in [-0.15, -0.1) is 11.8 Å². The topological polar surface area (TPSA) is 108 Å². The molecule has 8 nitrogen and oxygen atoms in total. The second-order valence-electron chi connectivity index (χ2n) is 10.8. The van der Waals surface area contributed by atoms with E-state index in [1.165, 1.54) is 0 Å². The molecule has 2 bridgehead atoms. The summed E-state index contributed by atoms with van der Waals surface area (Å²) in [6.45, 7) is 0.981. The summed E-state index contributed by atoms with van der Waals surface area (Å²) in [4.78, 5) is 43.5. The molecule has 2 aromatic carbocycles. The number of carbonyl (C=O) groups is 3. The van der Waals surface area contributed by atoms with Crippen LogP contribution >= 0.6 is 27.7 Å². The van der Waals surface area contributed by atoms with Gasteiger partial charge in [-0.25, -0.2) is 0 Å². The molecule has 3 aliphatic heterocycles. The van der Waals surface area contributed by atoms with Crippen molar-refractivity contribution in [2.24, 2.45) is 11.8 Å². The first-order valence-electron chi connectivity index (χ1n) is 13.9. The minimum atomic E-state index is -0.688. The number of ether oxygens (including phenoxy) is 1. The van der Waals surface area contributed by atoms with E-state index in [2.05, 4.69) is 26.6 Å². The average Bonchev–Trinajstić information content (AvgIpc) is 3.55. The number of nitrogens with zero attached hydrogens (tertiary/aromatic N) is 1. The fourth-order valence-electron chi connectivity index (χ4n) is 6.51. The summed E-state index contributed by atoms with van der Waals surface area (Å²) >= 11 is 5.45. The predicted molar refractivity (Wildman–Crippen MR) is 159 cm³/mol. The Morgan fingerprint density at radius 1 is 1.07 bits per heavy atom. The standard InChI is InChI=1S/C30H36BrN3O5S/c1-39-21-13-11-20(12-14-21)33-28(37)26-30-17-22(31)25(40-30)23(27(36)32-18-19-9-5-4-6-10-19)24(30)29(38)34(26)15-7-2-3-8-16-35/h4-6,9-14,22-26,35H,2-3,7-8,15-18H2,1H3,(H,32,36)(H,33,37)/t22?,23-,24-,25-,26?,30?/m0/s1. The Labute approximate surface area is 247 Å². The van der Waals surface area contributed by atoms with Gasteiger partial charge in [-0.3, -0.25) is 14.4 Å². The lowest BCUT2D eigenvalue weighted by molar-refractivity contribution is -0.139. The third-order valence-corrected chi connectivity index (χ3v) is 11.5. The van der Waals surface area contributed by atoms with Crippen LogP contribution in [-0.4, -0.2) is 68.9 Å². The van der Waals surface area contributed by atoms with E-state index in [1.54, 1.807) is 48.0 Å². The number of anilines is 1. The average molecular weight is 631 g/mol. The molecule has 3 heterocycles. The third kappa shape index (κ3) is 5.50. The van der Waals surface area contributed by atoms with Gasteiger partial charge in [0.2, 0.25) is 17.7 Å². The lowest BCUT2D eigenvalue weighted by Crippen LogP contribution is -2.53. The van der Waals surface area contributed by atoms with Crippen LogP contribution < -0.4 is 15.4 Å². The van der Waals surface area contributed by atoms with Crippen molar-refractivity contribution >= 4 is 51.1 Å². The quantitative estimate of drug-likeness (QED) is 0.242. The number of rotatable bonds is 12. The number of likely N-dealkylation sites (tertiary alicyclic amines) is 1. The fourth-order valence-corrected chi connectivity index (χ4v) is 10.1. The zero-order valence-electron chi connectivity index (χ0n) is 22.6. The smallest absolute Gasteiger partial charge is 0.248 e. The van der Waals surface area contributed by atoms with Crippen molar-refractivity contribution in [1.29, 1.82) is 0 Å². The van der Waals surface area contributed by atoms with Crippen LogP contribution in [0.25, 0.3) is 0 Å². The Hall–Kier alpha value is -2.56. The molecule has 0 radical (unpaired) electrons. The maximum Gasteiger partial charge on any atom is 0.248 e. The second kappa shape index (κ2) is 12.5. The minimum Gasteiger partial charge on any atom is -0.497 e. The van der Waals surface area contributed by atoms with Crippen LogP contribution in [0.15, 0.2) is 54.6 Å². The molecule has 214 valence electrons. The fraction of sp³-hybridized carbons (Fsp3) is 0.500. The number of alkyl halides is 1. The Morgan fingerprint density at radius 3 is 2.50 bits per heavy atom. The summed E-state index contributed by atoms with van der Waals surface area (Å²) < 4.78 is 4.55. The molecular weight excluding hydrogens is 594 g/mol. The lowest BCUT2D eigenvalue weighted by Gasteiger charge is -2.35. The minimum absolute atomic E-state index is 0.0230. The lowest BCUT2D eigenvalue weighted by atomic mass is 9.70. The molecule has 0 aliphatic carbocycles. The predicted octanol–water partition coefficient (Wildman–Crippen LogP) is 3.97. The van der Waals surface area contributed by atoms with Crippen molar-refractivity contribution in [3.05, 3.63) is 60.2 Å². The maximum absolute atomic E-state index is 14.1. The molecule has 6 atom stereocenters. The number of methoxy groups -OCH3 is 1. The van der Waals surface area contributed by atoms with Crippen molar-refractivity contribution < 1.29 is 24.2 Å². The number of carbonyl (C=O) groups excluding carboxylic acids is 3. The van der Waals surface area contributed by atoms with E-state index in [1.807, 2.05) is 30.3 Å². The maximum atomic E-state index is 14.1. The third-order valence-electron chi connectivity index (χ3n) is 8.31. The van der Waals surface area contributed by atoms with Gasteiger partial charge in [0.15, 0.2) is 0 Å². The van der Waals surface area contributed by atoms with E-state index < -0.39 is 22.6 Å². The Bertz CT molecular complexity index is 1220. The molecule has 3 fully saturated rings. The van der Waals surface area contributed by atoms with Crippen LogP contribution in [0.2, 0.25) is 0 Å². The van der Waals surface area contributed by atoms with Gasteiger partial charge in [0.05, 0.1) is 23.7 Å². The van der Waals surface area contributed by atoms with Gasteiger partial charge in [-0.05, 0) is 49.1 Å². The van der Waals surface area contributed by atoms with Crippen molar-refractivity contribution in [3.63, 3.8) is 0 Å². The molecule has 3 N–H and O–H groups in total. The number of thioether (sulfide) groups is 1. The first-order chi connectivity index (χ1) is 19.4. The van der Waals surface area contributed by atoms with Crippen LogP contribution in [-0.2, 0) is 20.9 Å². The Morgan fingerprint density at radius 2 is 1.80 bits per heavy atom. The van der Waals surface area contributed by atoms with Crippen molar-refractivity contribution in [3.8, 4) is 5.75 Å². The largest absolute Gasteiger partial charge is 0.497 e. The number of nitrogens with one attached hydrogen (secondary N) is 2. The molecule has 5 rings (SSSR count). The van der Waals surface area contributed by atoms with E-state index in [0.29, 0.717) is 37.4 Å². The van der Waals surface area contributed by atoms with Gasteiger partial charge >= 0.3 is 0 Å². The molecule has 0 saturated carbocycles. The van der Waals surface area contributed by atoms with Crippen molar-refractivity contribution in [1.82, 2.24) is 10.2 Å². The second-order valence-corrected chi connectivity index (χ2v) is 13.5. The number of benzene rings is 2. The zero-order chi connectivity index (χ0) is 28.3. The number of hydrogen-bond donors (Lipinski definition) is 3. The van der Waals surface area contributed by atoms with Gasteiger partial charge in [0.1, 0.15) is 11.8 Å².